The molecule has 0 amide bonds. The molecule has 0 aromatic carbocycles. The molecule has 0 spiro atoms. The summed E-state index contributed by atoms with van der Waals surface area (Å²) in [6, 6.07) is 6.01. The van der Waals surface area contributed by atoms with E-state index < -0.39 is 0 Å². The van der Waals surface area contributed by atoms with Gasteiger partial charge in [0.15, 0.2) is 0 Å². The average molecular weight is 252 g/mol. The molecule has 0 bridgehead atoms. The van der Waals surface area contributed by atoms with E-state index >= 15 is 0 Å². The molecule has 0 saturated heterocycles. The summed E-state index contributed by atoms with van der Waals surface area (Å²) in [5.41, 5.74) is 2.04. The number of hydrogen-bond donors (Lipinski definition) is 0. The molecule has 0 N–H and O–H groups in total. The van der Waals surface area contributed by atoms with E-state index in [1.54, 1.807) is 0 Å². The van der Waals surface area contributed by atoms with Gasteiger partial charge in [-0.2, -0.15) is 0 Å². The highest BCUT2D eigenvalue weighted by Gasteiger charge is 2.22. The van der Waals surface area contributed by atoms with Crippen molar-refractivity contribution in [3.8, 4) is 0 Å². The van der Waals surface area contributed by atoms with Crippen molar-refractivity contribution in [1.82, 2.24) is 14.3 Å². The Hall–Kier alpha value is -1.06. The van der Waals surface area contributed by atoms with Gasteiger partial charge in [0.05, 0.1) is 5.69 Å². The van der Waals surface area contributed by atoms with Gasteiger partial charge in [-0.05, 0) is 33.0 Å². The van der Waals surface area contributed by atoms with E-state index in [2.05, 4.69) is 37.0 Å². The maximum atomic E-state index is 5.97. The number of halogens is 1. The molecule has 4 heteroatoms. The standard InChI is InChI=1S/C13H18ClN3/c1-13(2,10-14)16(3)8-11-9-17-7-5-4-6-12(17)15-11/h4-7,9H,8,10H2,1-3H3. The second-order valence-corrected chi connectivity index (χ2v) is 5.27. The van der Waals surface area contributed by atoms with Crippen molar-refractivity contribution in [3.63, 3.8) is 0 Å². The van der Waals surface area contributed by atoms with Gasteiger partial charge < -0.3 is 4.40 Å². The van der Waals surface area contributed by atoms with Crippen LogP contribution in [0.15, 0.2) is 30.6 Å². The van der Waals surface area contributed by atoms with E-state index in [9.17, 15) is 0 Å². The third-order valence-corrected chi connectivity index (χ3v) is 3.83. The molecule has 0 aliphatic heterocycles. The zero-order valence-corrected chi connectivity index (χ0v) is 11.3. The predicted molar refractivity (Wildman–Crippen MR) is 71.5 cm³/mol. The van der Waals surface area contributed by atoms with Crippen LogP contribution in [0.3, 0.4) is 0 Å². The number of alkyl halides is 1. The van der Waals surface area contributed by atoms with Crippen molar-refractivity contribution in [3.05, 3.63) is 36.3 Å². The molecule has 0 fully saturated rings. The molecule has 0 saturated carbocycles. The normalized spacial score (nSPS) is 12.5. The van der Waals surface area contributed by atoms with Gasteiger partial charge in [-0.1, -0.05) is 6.07 Å². The van der Waals surface area contributed by atoms with Gasteiger partial charge in [-0.3, -0.25) is 4.90 Å². The molecule has 2 heterocycles. The quantitative estimate of drug-likeness (QED) is 0.779. The average Bonchev–Trinajstić information content (AvgIpc) is 2.70. The minimum absolute atomic E-state index is 0.0165. The lowest BCUT2D eigenvalue weighted by Crippen LogP contribution is -2.42. The highest BCUT2D eigenvalue weighted by molar-refractivity contribution is 6.18. The van der Waals surface area contributed by atoms with Crippen LogP contribution in [-0.2, 0) is 6.54 Å². The van der Waals surface area contributed by atoms with Crippen molar-refractivity contribution >= 4 is 17.2 Å². The van der Waals surface area contributed by atoms with Crippen molar-refractivity contribution < 1.29 is 0 Å². The molecule has 2 aromatic heterocycles. The lowest BCUT2D eigenvalue weighted by molar-refractivity contribution is 0.169. The maximum Gasteiger partial charge on any atom is 0.137 e. The summed E-state index contributed by atoms with van der Waals surface area (Å²) in [7, 11) is 2.08. The molecule has 2 rings (SSSR count). The molecule has 17 heavy (non-hydrogen) atoms. The molecular formula is C13H18ClN3. The Bertz CT molecular complexity index is 471. The van der Waals surface area contributed by atoms with Crippen LogP contribution in [0.5, 0.6) is 0 Å². The van der Waals surface area contributed by atoms with Gasteiger partial charge in [-0.25, -0.2) is 4.98 Å². The lowest BCUT2D eigenvalue weighted by Gasteiger charge is -2.33. The van der Waals surface area contributed by atoms with E-state index in [-0.39, 0.29) is 5.54 Å². The minimum atomic E-state index is -0.0165. The van der Waals surface area contributed by atoms with Crippen LogP contribution in [0.25, 0.3) is 5.65 Å². The molecule has 0 aliphatic carbocycles. The first-order valence-corrected chi connectivity index (χ1v) is 6.26. The van der Waals surface area contributed by atoms with Gasteiger partial charge in [0.2, 0.25) is 0 Å². The Morgan fingerprint density at radius 2 is 2.18 bits per heavy atom. The second-order valence-electron chi connectivity index (χ2n) is 5.00. The molecule has 0 radical (unpaired) electrons. The summed E-state index contributed by atoms with van der Waals surface area (Å²) >= 11 is 5.97. The van der Waals surface area contributed by atoms with E-state index in [0.717, 1.165) is 17.9 Å². The number of pyridine rings is 1. The smallest absolute Gasteiger partial charge is 0.137 e. The molecule has 0 unspecified atom stereocenters. The highest BCUT2D eigenvalue weighted by atomic mass is 35.5. The summed E-state index contributed by atoms with van der Waals surface area (Å²) in [6.07, 6.45) is 4.08. The highest BCUT2D eigenvalue weighted by Crippen LogP contribution is 2.17. The Balaban J connectivity index is 2.18. The second kappa shape index (κ2) is 4.67. The summed E-state index contributed by atoms with van der Waals surface area (Å²) in [6.45, 7) is 5.08. The third-order valence-electron chi connectivity index (χ3n) is 3.17. The zero-order valence-electron chi connectivity index (χ0n) is 10.5. The molecule has 0 aliphatic rings. The van der Waals surface area contributed by atoms with Gasteiger partial charge in [0.25, 0.3) is 0 Å². The number of hydrogen-bond acceptors (Lipinski definition) is 2. The van der Waals surface area contributed by atoms with Crippen LogP contribution < -0.4 is 0 Å². The minimum Gasteiger partial charge on any atom is -0.307 e. The summed E-state index contributed by atoms with van der Waals surface area (Å²) in [4.78, 5) is 6.80. The molecule has 92 valence electrons. The third kappa shape index (κ3) is 2.61. The summed E-state index contributed by atoms with van der Waals surface area (Å²) < 4.78 is 2.04. The van der Waals surface area contributed by atoms with Crippen LogP contribution >= 0.6 is 11.6 Å². The number of aromatic nitrogens is 2. The maximum absolute atomic E-state index is 5.97. The van der Waals surface area contributed by atoms with Gasteiger partial charge in [0.1, 0.15) is 5.65 Å². The number of rotatable bonds is 4. The van der Waals surface area contributed by atoms with Gasteiger partial charge in [0, 0.05) is 30.4 Å². The van der Waals surface area contributed by atoms with Crippen LogP contribution in [0.1, 0.15) is 19.5 Å². The van der Waals surface area contributed by atoms with Crippen LogP contribution in [0, 0.1) is 0 Å². The zero-order chi connectivity index (χ0) is 12.5. The SMILES string of the molecule is CN(Cc1cn2ccccc2n1)C(C)(C)CCl. The largest absolute Gasteiger partial charge is 0.307 e. The van der Waals surface area contributed by atoms with E-state index in [1.807, 2.05) is 28.8 Å². The first-order chi connectivity index (χ1) is 8.03. The first-order valence-electron chi connectivity index (χ1n) is 5.73. The van der Waals surface area contributed by atoms with E-state index in [4.69, 9.17) is 11.6 Å². The Kier molecular flexibility index (Phi) is 3.40. The number of imidazole rings is 1. The fourth-order valence-electron chi connectivity index (χ4n) is 1.62. The van der Waals surface area contributed by atoms with Crippen LogP contribution in [0.4, 0.5) is 0 Å². The first kappa shape index (κ1) is 12.4. The predicted octanol–water partition coefficient (Wildman–Crippen LogP) is 2.78. The number of fused-ring (bicyclic) bond motifs is 1. The molecule has 0 atom stereocenters. The summed E-state index contributed by atoms with van der Waals surface area (Å²) in [5, 5.41) is 0. The van der Waals surface area contributed by atoms with E-state index in [0.29, 0.717) is 5.88 Å². The van der Waals surface area contributed by atoms with Crippen molar-refractivity contribution in [2.45, 2.75) is 25.9 Å². The number of nitrogens with zero attached hydrogens (tertiary/aromatic N) is 3. The van der Waals surface area contributed by atoms with Crippen molar-refractivity contribution in [2.24, 2.45) is 0 Å². The van der Waals surface area contributed by atoms with Crippen molar-refractivity contribution in [2.75, 3.05) is 12.9 Å². The molecule has 2 aromatic rings. The fourth-order valence-corrected chi connectivity index (χ4v) is 1.83. The topological polar surface area (TPSA) is 20.5 Å². The van der Waals surface area contributed by atoms with Gasteiger partial charge in [-0.15, -0.1) is 11.6 Å². The molecular weight excluding hydrogens is 234 g/mol. The Morgan fingerprint density at radius 1 is 1.41 bits per heavy atom. The van der Waals surface area contributed by atoms with Gasteiger partial charge >= 0.3 is 0 Å². The Labute approximate surface area is 107 Å². The molecule has 3 nitrogen and oxygen atoms in total. The Morgan fingerprint density at radius 3 is 2.82 bits per heavy atom. The lowest BCUT2D eigenvalue weighted by atomic mass is 10.1. The van der Waals surface area contributed by atoms with E-state index in [1.165, 1.54) is 0 Å². The van der Waals surface area contributed by atoms with Crippen molar-refractivity contribution in [1.29, 1.82) is 0 Å². The fraction of sp³-hybridized carbons (Fsp3) is 0.462. The van der Waals surface area contributed by atoms with Crippen LogP contribution in [-0.4, -0.2) is 32.8 Å². The van der Waals surface area contributed by atoms with Crippen LogP contribution in [0.2, 0.25) is 0 Å². The monoisotopic (exact) mass is 251 g/mol. The summed E-state index contributed by atoms with van der Waals surface area (Å²) in [5.74, 6) is 0.608.